The summed E-state index contributed by atoms with van der Waals surface area (Å²) in [6.45, 7) is 0.387. The first-order valence-electron chi connectivity index (χ1n) is 5.00. The van der Waals surface area contributed by atoms with Gasteiger partial charge >= 0.3 is 6.01 Å². The van der Waals surface area contributed by atoms with Crippen molar-refractivity contribution in [1.29, 1.82) is 0 Å². The van der Waals surface area contributed by atoms with Crippen LogP contribution in [0.15, 0.2) is 30.6 Å². The Morgan fingerprint density at radius 1 is 1.35 bits per heavy atom. The first-order valence-corrected chi connectivity index (χ1v) is 5.00. The summed E-state index contributed by atoms with van der Waals surface area (Å²) in [5.41, 5.74) is 0.796. The van der Waals surface area contributed by atoms with Gasteiger partial charge in [0, 0.05) is 6.20 Å². The Balaban J connectivity index is 2.08. The van der Waals surface area contributed by atoms with E-state index in [0.29, 0.717) is 6.54 Å². The van der Waals surface area contributed by atoms with Crippen LogP contribution in [0.4, 0.5) is 10.2 Å². The molecule has 0 amide bonds. The van der Waals surface area contributed by atoms with E-state index in [-0.39, 0.29) is 11.8 Å². The summed E-state index contributed by atoms with van der Waals surface area (Å²) in [4.78, 5) is 11.6. The minimum Gasteiger partial charge on any atom is -0.467 e. The largest absolute Gasteiger partial charge is 0.467 e. The minimum absolute atomic E-state index is 0.0995. The molecule has 1 N–H and O–H groups in total. The van der Waals surface area contributed by atoms with Crippen LogP contribution in [-0.2, 0) is 6.54 Å². The molecule has 0 aliphatic heterocycles. The number of aromatic nitrogens is 3. The highest BCUT2D eigenvalue weighted by atomic mass is 19.1. The zero-order valence-corrected chi connectivity index (χ0v) is 9.22. The van der Waals surface area contributed by atoms with Gasteiger partial charge in [0.15, 0.2) is 11.6 Å². The van der Waals surface area contributed by atoms with Crippen molar-refractivity contribution in [3.63, 3.8) is 0 Å². The van der Waals surface area contributed by atoms with Crippen LogP contribution in [0.2, 0.25) is 0 Å². The van der Waals surface area contributed by atoms with E-state index in [1.54, 1.807) is 6.20 Å². The summed E-state index contributed by atoms with van der Waals surface area (Å²) in [6, 6.07) is 5.64. The van der Waals surface area contributed by atoms with Gasteiger partial charge in [-0.1, -0.05) is 6.07 Å². The molecule has 0 atom stereocenters. The van der Waals surface area contributed by atoms with Crippen LogP contribution in [0.3, 0.4) is 0 Å². The predicted molar refractivity (Wildman–Crippen MR) is 60.1 cm³/mol. The number of halogens is 1. The first-order chi connectivity index (χ1) is 8.29. The molecule has 0 saturated carbocycles. The molecule has 0 unspecified atom stereocenters. The van der Waals surface area contributed by atoms with E-state index in [1.807, 2.05) is 18.2 Å². The third-order valence-electron chi connectivity index (χ3n) is 2.07. The number of rotatable bonds is 4. The molecule has 17 heavy (non-hydrogen) atoms. The Morgan fingerprint density at radius 2 is 2.24 bits per heavy atom. The van der Waals surface area contributed by atoms with Crippen molar-refractivity contribution in [3.05, 3.63) is 42.1 Å². The van der Waals surface area contributed by atoms with Gasteiger partial charge in [0.1, 0.15) is 0 Å². The van der Waals surface area contributed by atoms with Crippen LogP contribution in [0.1, 0.15) is 5.69 Å². The summed E-state index contributed by atoms with van der Waals surface area (Å²) in [5.74, 6) is -0.427. The maximum Gasteiger partial charge on any atom is 0.318 e. The Kier molecular flexibility index (Phi) is 3.44. The van der Waals surface area contributed by atoms with E-state index in [2.05, 4.69) is 20.3 Å². The molecule has 0 saturated heterocycles. The number of pyridine rings is 1. The lowest BCUT2D eigenvalue weighted by atomic mass is 10.3. The molecule has 2 rings (SSSR count). The van der Waals surface area contributed by atoms with E-state index in [9.17, 15) is 4.39 Å². The molecular formula is C11H11FN4O. The highest BCUT2D eigenvalue weighted by Gasteiger charge is 2.06. The van der Waals surface area contributed by atoms with Gasteiger partial charge in [-0.2, -0.15) is 4.98 Å². The minimum atomic E-state index is -0.526. The maximum atomic E-state index is 13.3. The van der Waals surface area contributed by atoms with Gasteiger partial charge in [0.05, 0.1) is 25.5 Å². The second-order valence-electron chi connectivity index (χ2n) is 3.23. The standard InChI is InChI=1S/C11H11FN4O/c1-17-11-15-7-9(12)10(16-11)14-6-8-4-2-3-5-13-8/h2-5,7H,6H2,1H3,(H,14,15,16). The SMILES string of the molecule is COc1ncc(F)c(NCc2ccccn2)n1. The summed E-state index contributed by atoms with van der Waals surface area (Å²) in [7, 11) is 1.43. The normalized spacial score (nSPS) is 10.0. The van der Waals surface area contributed by atoms with Crippen molar-refractivity contribution in [2.75, 3.05) is 12.4 Å². The molecule has 5 nitrogen and oxygen atoms in total. The summed E-state index contributed by atoms with van der Waals surface area (Å²) in [6.07, 6.45) is 2.74. The van der Waals surface area contributed by atoms with E-state index < -0.39 is 5.82 Å². The van der Waals surface area contributed by atoms with Crippen molar-refractivity contribution in [2.45, 2.75) is 6.54 Å². The summed E-state index contributed by atoms with van der Waals surface area (Å²) < 4.78 is 18.2. The molecule has 0 aromatic carbocycles. The fourth-order valence-corrected chi connectivity index (χ4v) is 1.25. The van der Waals surface area contributed by atoms with Gasteiger partial charge in [0.2, 0.25) is 0 Å². The van der Waals surface area contributed by atoms with Gasteiger partial charge in [-0.15, -0.1) is 0 Å². The van der Waals surface area contributed by atoms with E-state index in [4.69, 9.17) is 4.74 Å². The van der Waals surface area contributed by atoms with Gasteiger partial charge in [0.25, 0.3) is 0 Å². The lowest BCUT2D eigenvalue weighted by molar-refractivity contribution is 0.377. The lowest BCUT2D eigenvalue weighted by Crippen LogP contribution is -2.06. The van der Waals surface area contributed by atoms with Crippen molar-refractivity contribution in [2.24, 2.45) is 0 Å². The van der Waals surface area contributed by atoms with Crippen molar-refractivity contribution in [1.82, 2.24) is 15.0 Å². The van der Waals surface area contributed by atoms with Crippen LogP contribution in [0.5, 0.6) is 6.01 Å². The third kappa shape index (κ3) is 2.87. The highest BCUT2D eigenvalue weighted by molar-refractivity contribution is 5.36. The monoisotopic (exact) mass is 234 g/mol. The molecule has 0 aliphatic rings. The first kappa shape index (κ1) is 11.3. The van der Waals surface area contributed by atoms with E-state index in [1.165, 1.54) is 7.11 Å². The van der Waals surface area contributed by atoms with E-state index >= 15 is 0 Å². The van der Waals surface area contributed by atoms with Gasteiger partial charge in [-0.05, 0) is 12.1 Å². The molecule has 0 spiro atoms. The quantitative estimate of drug-likeness (QED) is 0.871. The molecule has 6 heteroatoms. The predicted octanol–water partition coefficient (Wildman–Crippen LogP) is 1.63. The van der Waals surface area contributed by atoms with Gasteiger partial charge < -0.3 is 10.1 Å². The average molecular weight is 234 g/mol. The zero-order chi connectivity index (χ0) is 12.1. The van der Waals surface area contributed by atoms with E-state index in [0.717, 1.165) is 11.9 Å². The zero-order valence-electron chi connectivity index (χ0n) is 9.22. The van der Waals surface area contributed by atoms with Crippen LogP contribution in [-0.4, -0.2) is 22.1 Å². The van der Waals surface area contributed by atoms with Crippen LogP contribution in [0.25, 0.3) is 0 Å². The molecule has 2 aromatic heterocycles. The Morgan fingerprint density at radius 3 is 2.94 bits per heavy atom. The van der Waals surface area contributed by atoms with Crippen molar-refractivity contribution < 1.29 is 9.13 Å². The van der Waals surface area contributed by atoms with Crippen LogP contribution < -0.4 is 10.1 Å². The number of anilines is 1. The van der Waals surface area contributed by atoms with Crippen LogP contribution in [0, 0.1) is 5.82 Å². The third-order valence-corrected chi connectivity index (χ3v) is 2.07. The lowest BCUT2D eigenvalue weighted by Gasteiger charge is -2.06. The molecule has 0 radical (unpaired) electrons. The Labute approximate surface area is 97.7 Å². The number of hydrogen-bond donors (Lipinski definition) is 1. The molecule has 2 heterocycles. The number of nitrogens with zero attached hydrogens (tertiary/aromatic N) is 3. The highest BCUT2D eigenvalue weighted by Crippen LogP contribution is 2.13. The van der Waals surface area contributed by atoms with Crippen molar-refractivity contribution in [3.8, 4) is 6.01 Å². The molecule has 0 fully saturated rings. The summed E-state index contributed by atoms with van der Waals surface area (Å²) in [5, 5.41) is 2.84. The van der Waals surface area contributed by atoms with Crippen molar-refractivity contribution >= 4 is 5.82 Å². The van der Waals surface area contributed by atoms with Gasteiger partial charge in [-0.3, -0.25) is 4.98 Å². The number of hydrogen-bond acceptors (Lipinski definition) is 5. The summed E-state index contributed by atoms with van der Waals surface area (Å²) >= 11 is 0. The molecule has 0 aliphatic carbocycles. The fraction of sp³-hybridized carbons (Fsp3) is 0.182. The smallest absolute Gasteiger partial charge is 0.318 e. The van der Waals surface area contributed by atoms with Crippen LogP contribution >= 0.6 is 0 Å². The Bertz CT molecular complexity index is 492. The number of nitrogens with one attached hydrogen (secondary N) is 1. The number of ether oxygens (including phenoxy) is 1. The number of methoxy groups -OCH3 is 1. The molecule has 0 bridgehead atoms. The average Bonchev–Trinajstić information content (AvgIpc) is 2.39. The molecule has 2 aromatic rings. The Hall–Kier alpha value is -2.24. The second-order valence-corrected chi connectivity index (χ2v) is 3.23. The molecule has 88 valence electrons. The topological polar surface area (TPSA) is 59.9 Å². The van der Waals surface area contributed by atoms with Gasteiger partial charge in [-0.25, -0.2) is 9.37 Å². The maximum absolute atomic E-state index is 13.3. The fourth-order valence-electron chi connectivity index (χ4n) is 1.25. The molecular weight excluding hydrogens is 223 g/mol. The second kappa shape index (κ2) is 5.20.